The molecule has 2 aromatic rings. The summed E-state index contributed by atoms with van der Waals surface area (Å²) in [4.78, 5) is 38.1. The lowest BCUT2D eigenvalue weighted by molar-refractivity contribution is -0.124. The maximum absolute atomic E-state index is 12.5. The summed E-state index contributed by atoms with van der Waals surface area (Å²) in [6, 6.07) is 13.2. The van der Waals surface area contributed by atoms with Crippen LogP contribution in [0.5, 0.6) is 0 Å². The number of benzene rings is 2. The van der Waals surface area contributed by atoms with Crippen LogP contribution in [-0.4, -0.2) is 41.4 Å². The number of amides is 2. The van der Waals surface area contributed by atoms with E-state index in [1.807, 2.05) is 0 Å². The minimum atomic E-state index is -1.36. The molecular weight excluding hydrogens is 356 g/mol. The number of esters is 1. The molecule has 0 spiro atoms. The maximum Gasteiger partial charge on any atom is 0.339 e. The Bertz CT molecular complexity index is 912. The van der Waals surface area contributed by atoms with Crippen molar-refractivity contribution < 1.29 is 23.3 Å². The average molecular weight is 372 g/mol. The summed E-state index contributed by atoms with van der Waals surface area (Å²) in [6.45, 7) is -0.673. The molecule has 2 amide bonds. The molecule has 1 aliphatic heterocycles. The van der Waals surface area contributed by atoms with E-state index in [0.717, 1.165) is 0 Å². The Morgan fingerprint density at radius 3 is 2.62 bits per heavy atom. The predicted molar refractivity (Wildman–Crippen MR) is 96.5 cm³/mol. The van der Waals surface area contributed by atoms with Crippen LogP contribution < -0.4 is 10.2 Å². The number of hydrogen-bond acceptors (Lipinski definition) is 5. The number of para-hydroxylation sites is 2. The van der Waals surface area contributed by atoms with Gasteiger partial charge in [-0.25, -0.2) is 4.79 Å². The Balaban J connectivity index is 1.73. The van der Waals surface area contributed by atoms with Crippen LogP contribution in [0.15, 0.2) is 53.4 Å². The molecule has 8 heteroatoms. The first-order valence-corrected chi connectivity index (χ1v) is 9.32. The van der Waals surface area contributed by atoms with Gasteiger partial charge in [0.05, 0.1) is 32.6 Å². The molecule has 0 saturated heterocycles. The summed E-state index contributed by atoms with van der Waals surface area (Å²) in [5.74, 6) is -1.58. The fraction of sp³-hybridized carbons (Fsp3) is 0.167. The third-order valence-corrected chi connectivity index (χ3v) is 4.79. The number of ether oxygens (including phenoxy) is 1. The van der Waals surface area contributed by atoms with Crippen molar-refractivity contribution in [2.75, 3.05) is 29.6 Å². The Kier molecular flexibility index (Phi) is 5.13. The number of nitrogens with one attached hydrogen (secondary N) is 1. The van der Waals surface area contributed by atoms with Crippen LogP contribution in [0.3, 0.4) is 0 Å². The number of nitrogens with zero attached hydrogens (tertiary/aromatic N) is 1. The molecule has 3 rings (SSSR count). The van der Waals surface area contributed by atoms with E-state index in [0.29, 0.717) is 16.3 Å². The van der Waals surface area contributed by atoms with Crippen molar-refractivity contribution in [3.63, 3.8) is 0 Å². The molecule has 0 unspecified atom stereocenters. The topological polar surface area (TPSA) is 92.8 Å². The SMILES string of the molecule is C[S@@](=O)c1ccccc1C(=O)OCC(=O)N1CC(=O)Nc2ccccc21. The number of carbonyl (C=O) groups is 3. The van der Waals surface area contributed by atoms with Crippen LogP contribution in [0.1, 0.15) is 10.4 Å². The van der Waals surface area contributed by atoms with E-state index in [9.17, 15) is 18.6 Å². The second-order valence-corrected chi connectivity index (χ2v) is 6.92. The Hall–Kier alpha value is -3.00. The first kappa shape index (κ1) is 17.8. The summed E-state index contributed by atoms with van der Waals surface area (Å²) in [5, 5.41) is 2.68. The molecule has 134 valence electrons. The normalized spacial score (nSPS) is 14.2. The molecule has 0 radical (unpaired) electrons. The van der Waals surface area contributed by atoms with Crippen molar-refractivity contribution in [1.82, 2.24) is 0 Å². The van der Waals surface area contributed by atoms with Gasteiger partial charge in [0, 0.05) is 6.26 Å². The summed E-state index contributed by atoms with van der Waals surface area (Å²) in [7, 11) is -1.36. The highest BCUT2D eigenvalue weighted by molar-refractivity contribution is 7.84. The number of anilines is 2. The molecule has 1 aliphatic rings. The van der Waals surface area contributed by atoms with Crippen molar-refractivity contribution in [1.29, 1.82) is 0 Å². The zero-order valence-corrected chi connectivity index (χ0v) is 14.7. The highest BCUT2D eigenvalue weighted by Gasteiger charge is 2.27. The van der Waals surface area contributed by atoms with Crippen molar-refractivity contribution >= 4 is 40.0 Å². The van der Waals surface area contributed by atoms with Crippen LogP contribution in [-0.2, 0) is 25.1 Å². The first-order chi connectivity index (χ1) is 12.5. The molecule has 0 bridgehead atoms. The molecule has 1 heterocycles. The lowest BCUT2D eigenvalue weighted by atomic mass is 10.2. The molecule has 0 saturated carbocycles. The Morgan fingerprint density at radius 2 is 1.85 bits per heavy atom. The molecular formula is C18H16N2O5S. The Morgan fingerprint density at radius 1 is 1.15 bits per heavy atom. The molecule has 26 heavy (non-hydrogen) atoms. The first-order valence-electron chi connectivity index (χ1n) is 7.76. The standard InChI is InChI=1S/C18H16N2O5S/c1-26(24)15-9-5-2-6-12(15)18(23)25-11-17(22)20-10-16(21)19-13-7-3-4-8-14(13)20/h2-9H,10-11H2,1H3,(H,19,21)/t26-/m1/s1. The predicted octanol–water partition coefficient (Wildman–Crippen LogP) is 1.57. The molecule has 2 aromatic carbocycles. The molecule has 1 N–H and O–H groups in total. The van der Waals surface area contributed by atoms with Gasteiger partial charge in [-0.2, -0.15) is 0 Å². The number of fused-ring (bicyclic) bond motifs is 1. The van der Waals surface area contributed by atoms with E-state index in [2.05, 4.69) is 5.32 Å². The van der Waals surface area contributed by atoms with E-state index >= 15 is 0 Å². The van der Waals surface area contributed by atoms with E-state index < -0.39 is 29.3 Å². The molecule has 0 aliphatic carbocycles. The molecule has 1 atom stereocenters. The van der Waals surface area contributed by atoms with Gasteiger partial charge in [0.1, 0.15) is 6.54 Å². The quantitative estimate of drug-likeness (QED) is 0.823. The van der Waals surface area contributed by atoms with Gasteiger partial charge in [0.25, 0.3) is 5.91 Å². The second kappa shape index (κ2) is 7.49. The summed E-state index contributed by atoms with van der Waals surface area (Å²) in [6.07, 6.45) is 1.46. The minimum Gasteiger partial charge on any atom is -0.452 e. The molecule has 0 aromatic heterocycles. The fourth-order valence-electron chi connectivity index (χ4n) is 2.62. The monoisotopic (exact) mass is 372 g/mol. The van der Waals surface area contributed by atoms with Crippen molar-refractivity contribution in [2.24, 2.45) is 0 Å². The molecule has 0 fully saturated rings. The number of hydrogen-bond donors (Lipinski definition) is 1. The van der Waals surface area contributed by atoms with E-state index in [1.165, 1.54) is 17.2 Å². The van der Waals surface area contributed by atoms with Gasteiger partial charge in [0.15, 0.2) is 6.61 Å². The third-order valence-electron chi connectivity index (χ3n) is 3.82. The largest absolute Gasteiger partial charge is 0.452 e. The van der Waals surface area contributed by atoms with Crippen LogP contribution in [0.25, 0.3) is 0 Å². The van der Waals surface area contributed by atoms with Crippen LogP contribution in [0.2, 0.25) is 0 Å². The third kappa shape index (κ3) is 3.65. The lowest BCUT2D eigenvalue weighted by Crippen LogP contribution is -2.44. The summed E-state index contributed by atoms with van der Waals surface area (Å²) in [5.41, 5.74) is 1.22. The van der Waals surface area contributed by atoms with Gasteiger partial charge in [-0.05, 0) is 24.3 Å². The maximum atomic E-state index is 12.5. The van der Waals surface area contributed by atoms with Gasteiger partial charge >= 0.3 is 5.97 Å². The smallest absolute Gasteiger partial charge is 0.339 e. The van der Waals surface area contributed by atoms with E-state index in [-0.39, 0.29) is 18.0 Å². The minimum absolute atomic E-state index is 0.150. The van der Waals surface area contributed by atoms with Crippen molar-refractivity contribution in [3.05, 3.63) is 54.1 Å². The van der Waals surface area contributed by atoms with Crippen molar-refractivity contribution in [2.45, 2.75) is 4.90 Å². The second-order valence-electron chi connectivity index (χ2n) is 5.57. The van der Waals surface area contributed by atoms with Crippen LogP contribution in [0.4, 0.5) is 11.4 Å². The van der Waals surface area contributed by atoms with E-state index in [4.69, 9.17) is 4.74 Å². The van der Waals surface area contributed by atoms with Gasteiger partial charge in [-0.15, -0.1) is 0 Å². The van der Waals surface area contributed by atoms with Gasteiger partial charge in [0.2, 0.25) is 5.91 Å². The number of rotatable bonds is 4. The highest BCUT2D eigenvalue weighted by atomic mass is 32.2. The van der Waals surface area contributed by atoms with Gasteiger partial charge in [-0.3, -0.25) is 18.7 Å². The zero-order chi connectivity index (χ0) is 18.7. The Labute approximate surface area is 152 Å². The van der Waals surface area contributed by atoms with E-state index in [1.54, 1.807) is 42.5 Å². The fourth-order valence-corrected chi connectivity index (χ4v) is 3.36. The van der Waals surface area contributed by atoms with Crippen molar-refractivity contribution in [3.8, 4) is 0 Å². The average Bonchev–Trinajstić information content (AvgIpc) is 2.65. The number of carbonyl (C=O) groups excluding carboxylic acids is 3. The summed E-state index contributed by atoms with van der Waals surface area (Å²) >= 11 is 0. The summed E-state index contributed by atoms with van der Waals surface area (Å²) < 4.78 is 16.8. The van der Waals surface area contributed by atoms with Gasteiger partial charge in [-0.1, -0.05) is 24.3 Å². The lowest BCUT2D eigenvalue weighted by Gasteiger charge is -2.28. The van der Waals surface area contributed by atoms with Gasteiger partial charge < -0.3 is 10.1 Å². The molecule has 7 nitrogen and oxygen atoms in total. The van der Waals surface area contributed by atoms with Crippen LogP contribution in [0, 0.1) is 0 Å². The highest BCUT2D eigenvalue weighted by Crippen LogP contribution is 2.28. The zero-order valence-electron chi connectivity index (χ0n) is 13.9. The van der Waals surface area contributed by atoms with Crippen LogP contribution >= 0.6 is 0 Å².